The first-order valence-corrected chi connectivity index (χ1v) is 12.3. The molecule has 0 radical (unpaired) electrons. The summed E-state index contributed by atoms with van der Waals surface area (Å²) in [5, 5.41) is 13.9. The summed E-state index contributed by atoms with van der Waals surface area (Å²) in [6, 6.07) is 24.5. The van der Waals surface area contributed by atoms with E-state index in [-0.39, 0.29) is 11.6 Å². The molecule has 6 rings (SSSR count). The predicted octanol–water partition coefficient (Wildman–Crippen LogP) is 4.33. The van der Waals surface area contributed by atoms with Gasteiger partial charge in [-0.2, -0.15) is 0 Å². The van der Waals surface area contributed by atoms with E-state index in [0.29, 0.717) is 17.9 Å². The fourth-order valence-electron chi connectivity index (χ4n) is 5.42. The molecular weight excluding hydrogens is 448 g/mol. The van der Waals surface area contributed by atoms with Crippen LogP contribution in [0.3, 0.4) is 0 Å². The Kier molecular flexibility index (Phi) is 5.70. The summed E-state index contributed by atoms with van der Waals surface area (Å²) < 4.78 is 1.83. The van der Waals surface area contributed by atoms with E-state index in [0.717, 1.165) is 47.1 Å². The number of aromatic amines is 1. The van der Waals surface area contributed by atoms with Crippen molar-refractivity contribution in [1.29, 1.82) is 0 Å². The SMILES string of the molecule is Cc1cc(C)c2[nH]c(=O)c(C(c3nnnn3Cc3ccccc3)N3CCc4ccccc4C3)cc2c1. The van der Waals surface area contributed by atoms with Crippen LogP contribution < -0.4 is 5.56 Å². The van der Waals surface area contributed by atoms with Crippen LogP contribution in [-0.4, -0.2) is 36.6 Å². The highest BCUT2D eigenvalue weighted by atomic mass is 16.1. The van der Waals surface area contributed by atoms with Crippen LogP contribution in [0.15, 0.2) is 77.6 Å². The van der Waals surface area contributed by atoms with Crippen LogP contribution in [0.4, 0.5) is 0 Å². The number of hydrogen-bond acceptors (Lipinski definition) is 5. The van der Waals surface area contributed by atoms with E-state index in [2.05, 4.69) is 80.9 Å². The maximum atomic E-state index is 13.6. The Labute approximate surface area is 209 Å². The van der Waals surface area contributed by atoms with E-state index in [1.807, 2.05) is 35.9 Å². The number of tetrazole rings is 1. The van der Waals surface area contributed by atoms with E-state index < -0.39 is 0 Å². The standard InChI is InChI=1S/C29H28N6O/c1-19-14-20(2)26-24(15-19)16-25(29(36)30-26)27(34-13-12-22-10-6-7-11-23(22)18-34)28-31-32-33-35(28)17-21-8-4-3-5-9-21/h3-11,14-16,27H,12-13,17-18H2,1-2H3,(H,30,36). The summed E-state index contributed by atoms with van der Waals surface area (Å²) in [5.41, 5.74) is 7.40. The predicted molar refractivity (Wildman–Crippen MR) is 140 cm³/mol. The van der Waals surface area contributed by atoms with Crippen molar-refractivity contribution in [2.24, 2.45) is 0 Å². The minimum Gasteiger partial charge on any atom is -0.321 e. The van der Waals surface area contributed by atoms with Crippen LogP contribution in [0.1, 0.15) is 45.2 Å². The Hall–Kier alpha value is -4.10. The van der Waals surface area contributed by atoms with Gasteiger partial charge in [-0.05, 0) is 70.5 Å². The second-order valence-electron chi connectivity index (χ2n) is 9.67. The number of fused-ring (bicyclic) bond motifs is 2. The zero-order valence-corrected chi connectivity index (χ0v) is 20.5. The molecule has 0 saturated heterocycles. The van der Waals surface area contributed by atoms with Crippen molar-refractivity contribution in [3.63, 3.8) is 0 Å². The van der Waals surface area contributed by atoms with Crippen LogP contribution in [0, 0.1) is 13.8 Å². The molecule has 0 amide bonds. The third-order valence-corrected chi connectivity index (χ3v) is 7.12. The minimum atomic E-state index is -0.383. The van der Waals surface area contributed by atoms with Crippen molar-refractivity contribution >= 4 is 10.9 Å². The first-order chi connectivity index (χ1) is 17.6. The monoisotopic (exact) mass is 476 g/mol. The number of H-pyrrole nitrogens is 1. The van der Waals surface area contributed by atoms with Crippen LogP contribution >= 0.6 is 0 Å². The van der Waals surface area contributed by atoms with E-state index in [1.165, 1.54) is 11.1 Å². The highest BCUT2D eigenvalue weighted by Gasteiger charge is 2.32. The summed E-state index contributed by atoms with van der Waals surface area (Å²) >= 11 is 0. The molecule has 1 N–H and O–H groups in total. The van der Waals surface area contributed by atoms with Gasteiger partial charge in [0.25, 0.3) is 5.56 Å². The molecule has 1 aliphatic heterocycles. The number of pyridine rings is 1. The molecule has 1 aliphatic rings. The average Bonchev–Trinajstić information content (AvgIpc) is 3.33. The van der Waals surface area contributed by atoms with Gasteiger partial charge in [-0.25, -0.2) is 4.68 Å². The Bertz CT molecular complexity index is 1600. The molecule has 0 saturated carbocycles. The van der Waals surface area contributed by atoms with Gasteiger partial charge in [-0.3, -0.25) is 9.69 Å². The second-order valence-corrected chi connectivity index (χ2v) is 9.67. The normalized spacial score (nSPS) is 14.6. The summed E-state index contributed by atoms with van der Waals surface area (Å²) in [5.74, 6) is 0.674. The van der Waals surface area contributed by atoms with Gasteiger partial charge in [0.05, 0.1) is 12.1 Å². The Morgan fingerprint density at radius 1 is 0.972 bits per heavy atom. The zero-order chi connectivity index (χ0) is 24.6. The number of rotatable bonds is 5. The van der Waals surface area contributed by atoms with Crippen molar-refractivity contribution < 1.29 is 0 Å². The van der Waals surface area contributed by atoms with E-state index in [1.54, 1.807) is 0 Å². The second kappa shape index (κ2) is 9.17. The highest BCUT2D eigenvalue weighted by molar-refractivity contribution is 5.83. The van der Waals surface area contributed by atoms with Crippen LogP contribution in [-0.2, 0) is 19.5 Å². The molecule has 0 aliphatic carbocycles. The van der Waals surface area contributed by atoms with Crippen molar-refractivity contribution in [2.45, 2.75) is 39.4 Å². The quantitative estimate of drug-likeness (QED) is 0.409. The Morgan fingerprint density at radius 3 is 2.58 bits per heavy atom. The van der Waals surface area contributed by atoms with E-state index in [4.69, 9.17) is 0 Å². The molecule has 7 nitrogen and oxygen atoms in total. The Balaban J connectivity index is 1.50. The van der Waals surface area contributed by atoms with Gasteiger partial charge in [-0.1, -0.05) is 66.2 Å². The number of hydrogen-bond donors (Lipinski definition) is 1. The fraction of sp³-hybridized carbons (Fsp3) is 0.241. The fourth-order valence-corrected chi connectivity index (χ4v) is 5.42. The zero-order valence-electron chi connectivity index (χ0n) is 20.5. The van der Waals surface area contributed by atoms with Crippen LogP contribution in [0.25, 0.3) is 10.9 Å². The number of aromatic nitrogens is 5. The third kappa shape index (κ3) is 4.12. The molecule has 36 heavy (non-hydrogen) atoms. The molecule has 3 aromatic carbocycles. The molecule has 2 aromatic heterocycles. The minimum absolute atomic E-state index is 0.104. The first-order valence-electron chi connectivity index (χ1n) is 12.3. The van der Waals surface area contributed by atoms with E-state index >= 15 is 0 Å². The molecule has 3 heterocycles. The van der Waals surface area contributed by atoms with Crippen LogP contribution in [0.2, 0.25) is 0 Å². The molecule has 0 bridgehead atoms. The van der Waals surface area contributed by atoms with Gasteiger partial charge in [0.15, 0.2) is 5.82 Å². The van der Waals surface area contributed by atoms with Gasteiger partial charge in [0.1, 0.15) is 6.04 Å². The lowest BCUT2D eigenvalue weighted by molar-refractivity contribution is 0.194. The average molecular weight is 477 g/mol. The molecule has 180 valence electrons. The third-order valence-electron chi connectivity index (χ3n) is 7.12. The maximum Gasteiger partial charge on any atom is 0.253 e. The molecular formula is C29H28N6O. The molecule has 7 heteroatoms. The van der Waals surface area contributed by atoms with Crippen molar-refractivity contribution in [3.8, 4) is 0 Å². The number of benzene rings is 3. The van der Waals surface area contributed by atoms with Gasteiger partial charge < -0.3 is 4.98 Å². The van der Waals surface area contributed by atoms with E-state index in [9.17, 15) is 4.79 Å². The smallest absolute Gasteiger partial charge is 0.253 e. The van der Waals surface area contributed by atoms with Crippen molar-refractivity contribution in [2.75, 3.05) is 6.54 Å². The molecule has 1 atom stereocenters. The Morgan fingerprint density at radius 2 is 1.75 bits per heavy atom. The first kappa shape index (κ1) is 22.4. The number of nitrogens with zero attached hydrogens (tertiary/aromatic N) is 5. The molecule has 0 fully saturated rings. The largest absolute Gasteiger partial charge is 0.321 e. The number of nitrogens with one attached hydrogen (secondary N) is 1. The lowest BCUT2D eigenvalue weighted by Gasteiger charge is -2.34. The summed E-state index contributed by atoms with van der Waals surface area (Å²) in [4.78, 5) is 19.1. The van der Waals surface area contributed by atoms with Crippen molar-refractivity contribution in [1.82, 2.24) is 30.1 Å². The van der Waals surface area contributed by atoms with Crippen LogP contribution in [0.5, 0.6) is 0 Å². The molecule has 0 spiro atoms. The lowest BCUT2D eigenvalue weighted by Crippen LogP contribution is -2.38. The van der Waals surface area contributed by atoms with Gasteiger partial charge >= 0.3 is 0 Å². The molecule has 5 aromatic rings. The molecule has 1 unspecified atom stereocenters. The van der Waals surface area contributed by atoms with Gasteiger partial charge in [0, 0.05) is 18.7 Å². The summed E-state index contributed by atoms with van der Waals surface area (Å²) in [6.45, 7) is 6.18. The highest BCUT2D eigenvalue weighted by Crippen LogP contribution is 2.32. The van der Waals surface area contributed by atoms with Gasteiger partial charge in [-0.15, -0.1) is 5.10 Å². The topological polar surface area (TPSA) is 79.7 Å². The van der Waals surface area contributed by atoms with Gasteiger partial charge in [0.2, 0.25) is 0 Å². The summed E-state index contributed by atoms with van der Waals surface area (Å²) in [7, 11) is 0. The lowest BCUT2D eigenvalue weighted by atomic mass is 9.95. The maximum absolute atomic E-state index is 13.6. The number of aryl methyl sites for hydroxylation is 2. The summed E-state index contributed by atoms with van der Waals surface area (Å²) in [6.07, 6.45) is 0.913. The van der Waals surface area contributed by atoms with Crippen molar-refractivity contribution in [3.05, 3.63) is 122 Å².